The Balaban J connectivity index is 1.80. The molecule has 0 bridgehead atoms. The number of aliphatic hydroxyl groups excluding tert-OH is 1. The van der Waals surface area contributed by atoms with Crippen molar-refractivity contribution in [2.45, 2.75) is 30.9 Å². The molecule has 1 aromatic rings. The molecule has 2 rings (SSSR count). The molecule has 0 heterocycles. The summed E-state index contributed by atoms with van der Waals surface area (Å²) < 4.78 is 0. The molecular formula is C15H23ClN2O. The summed E-state index contributed by atoms with van der Waals surface area (Å²) in [5.74, 6) is 0. The molecule has 1 saturated carbocycles. The highest BCUT2D eigenvalue weighted by Gasteiger charge is 2.38. The van der Waals surface area contributed by atoms with E-state index in [1.54, 1.807) is 0 Å². The van der Waals surface area contributed by atoms with Gasteiger partial charge in [-0.2, -0.15) is 0 Å². The average Bonchev–Trinajstić information content (AvgIpc) is 2.32. The van der Waals surface area contributed by atoms with Crippen molar-refractivity contribution in [2.24, 2.45) is 0 Å². The van der Waals surface area contributed by atoms with Crippen LogP contribution in [0.15, 0.2) is 24.3 Å². The molecule has 1 aliphatic rings. The third kappa shape index (κ3) is 3.48. The van der Waals surface area contributed by atoms with E-state index < -0.39 is 6.10 Å². The number of benzene rings is 1. The number of likely N-dealkylation sites (N-methyl/N-ethyl adjacent to an activating group) is 1. The summed E-state index contributed by atoms with van der Waals surface area (Å²) in [6, 6.07) is 7.38. The third-order valence-electron chi connectivity index (χ3n) is 4.28. The first kappa shape index (κ1) is 14.8. The van der Waals surface area contributed by atoms with Gasteiger partial charge in [0.2, 0.25) is 0 Å². The Morgan fingerprint density at radius 3 is 2.42 bits per heavy atom. The predicted molar refractivity (Wildman–Crippen MR) is 79.6 cm³/mol. The van der Waals surface area contributed by atoms with Crippen molar-refractivity contribution in [1.82, 2.24) is 10.2 Å². The molecule has 1 atom stereocenters. The van der Waals surface area contributed by atoms with Gasteiger partial charge in [-0.25, -0.2) is 0 Å². The second-order valence-corrected chi connectivity index (χ2v) is 6.11. The summed E-state index contributed by atoms with van der Waals surface area (Å²) in [6.45, 7) is 1.52. The van der Waals surface area contributed by atoms with E-state index in [4.69, 9.17) is 11.6 Å². The standard InChI is InChI=1S/C15H23ClN2O/c1-18(2)15(8-3-9-15)11-17-10-14(19)12-4-6-13(16)7-5-12/h4-7,14,17,19H,3,8-11H2,1-2H3. The fourth-order valence-electron chi connectivity index (χ4n) is 2.61. The molecule has 19 heavy (non-hydrogen) atoms. The van der Waals surface area contributed by atoms with E-state index in [0.717, 1.165) is 12.1 Å². The van der Waals surface area contributed by atoms with Crippen LogP contribution in [0.1, 0.15) is 30.9 Å². The molecule has 0 amide bonds. The van der Waals surface area contributed by atoms with E-state index in [-0.39, 0.29) is 0 Å². The first-order chi connectivity index (χ1) is 9.03. The largest absolute Gasteiger partial charge is 0.387 e. The number of hydrogen-bond acceptors (Lipinski definition) is 3. The molecule has 1 fully saturated rings. The molecule has 0 spiro atoms. The number of nitrogens with zero attached hydrogens (tertiary/aromatic N) is 1. The fourth-order valence-corrected chi connectivity index (χ4v) is 2.74. The SMILES string of the molecule is CN(C)C1(CNCC(O)c2ccc(Cl)cc2)CCC1. The molecule has 1 aliphatic carbocycles. The van der Waals surface area contributed by atoms with Crippen molar-refractivity contribution in [3.63, 3.8) is 0 Å². The number of halogens is 1. The Morgan fingerprint density at radius 1 is 1.32 bits per heavy atom. The molecule has 1 aromatic carbocycles. The van der Waals surface area contributed by atoms with Crippen LogP contribution in [0.25, 0.3) is 0 Å². The van der Waals surface area contributed by atoms with Crippen LogP contribution < -0.4 is 5.32 Å². The summed E-state index contributed by atoms with van der Waals surface area (Å²) in [4.78, 5) is 2.30. The van der Waals surface area contributed by atoms with Crippen molar-refractivity contribution in [3.8, 4) is 0 Å². The van der Waals surface area contributed by atoms with Crippen molar-refractivity contribution < 1.29 is 5.11 Å². The van der Waals surface area contributed by atoms with Gasteiger partial charge in [0.15, 0.2) is 0 Å². The lowest BCUT2D eigenvalue weighted by atomic mass is 9.75. The van der Waals surface area contributed by atoms with Crippen molar-refractivity contribution >= 4 is 11.6 Å². The van der Waals surface area contributed by atoms with Gasteiger partial charge < -0.3 is 15.3 Å². The highest BCUT2D eigenvalue weighted by Crippen LogP contribution is 2.35. The van der Waals surface area contributed by atoms with Gasteiger partial charge in [0.1, 0.15) is 0 Å². The van der Waals surface area contributed by atoms with Gasteiger partial charge in [0.25, 0.3) is 0 Å². The molecule has 0 aliphatic heterocycles. The molecule has 4 heteroatoms. The smallest absolute Gasteiger partial charge is 0.0914 e. The van der Waals surface area contributed by atoms with Crippen LogP contribution in [0.2, 0.25) is 5.02 Å². The number of nitrogens with one attached hydrogen (secondary N) is 1. The second-order valence-electron chi connectivity index (χ2n) is 5.67. The maximum Gasteiger partial charge on any atom is 0.0914 e. The summed E-state index contributed by atoms with van der Waals surface area (Å²) >= 11 is 5.84. The maximum atomic E-state index is 10.1. The number of hydrogen-bond donors (Lipinski definition) is 2. The van der Waals surface area contributed by atoms with E-state index >= 15 is 0 Å². The zero-order valence-electron chi connectivity index (χ0n) is 11.7. The van der Waals surface area contributed by atoms with Gasteiger partial charge in [-0.05, 0) is 51.1 Å². The second kappa shape index (κ2) is 6.23. The van der Waals surface area contributed by atoms with Gasteiger partial charge in [0.05, 0.1) is 6.10 Å². The highest BCUT2D eigenvalue weighted by molar-refractivity contribution is 6.30. The molecule has 0 saturated heterocycles. The third-order valence-corrected chi connectivity index (χ3v) is 4.53. The monoisotopic (exact) mass is 282 g/mol. The predicted octanol–water partition coefficient (Wildman–Crippen LogP) is 2.45. The van der Waals surface area contributed by atoms with Crippen molar-refractivity contribution in [3.05, 3.63) is 34.9 Å². The van der Waals surface area contributed by atoms with Gasteiger partial charge in [-0.15, -0.1) is 0 Å². The zero-order chi connectivity index (χ0) is 13.9. The number of rotatable bonds is 6. The van der Waals surface area contributed by atoms with Crippen LogP contribution in [0.5, 0.6) is 0 Å². The van der Waals surface area contributed by atoms with Crippen LogP contribution >= 0.6 is 11.6 Å². The molecular weight excluding hydrogens is 260 g/mol. The van der Waals surface area contributed by atoms with Crippen molar-refractivity contribution in [2.75, 3.05) is 27.2 Å². The Labute approximate surface area is 120 Å². The van der Waals surface area contributed by atoms with Crippen LogP contribution in [0.3, 0.4) is 0 Å². The van der Waals surface area contributed by atoms with Gasteiger partial charge in [-0.3, -0.25) is 0 Å². The average molecular weight is 283 g/mol. The summed E-state index contributed by atoms with van der Waals surface area (Å²) in [5.41, 5.74) is 1.20. The first-order valence-corrected chi connectivity index (χ1v) is 7.23. The van der Waals surface area contributed by atoms with Crippen LogP contribution in [-0.4, -0.2) is 42.7 Å². The fraction of sp³-hybridized carbons (Fsp3) is 0.600. The van der Waals surface area contributed by atoms with E-state index in [9.17, 15) is 5.11 Å². The minimum atomic E-state index is -0.475. The lowest BCUT2D eigenvalue weighted by molar-refractivity contribution is 0.0555. The van der Waals surface area contributed by atoms with E-state index in [1.165, 1.54) is 19.3 Å². The highest BCUT2D eigenvalue weighted by atomic mass is 35.5. The Morgan fingerprint density at radius 2 is 1.95 bits per heavy atom. The molecule has 2 N–H and O–H groups in total. The minimum absolute atomic E-state index is 0.291. The van der Waals surface area contributed by atoms with Crippen LogP contribution in [0, 0.1) is 0 Å². The lowest BCUT2D eigenvalue weighted by Gasteiger charge is -2.47. The van der Waals surface area contributed by atoms with Crippen LogP contribution in [0.4, 0.5) is 0 Å². The Kier molecular flexibility index (Phi) is 4.85. The Bertz CT molecular complexity index is 401. The van der Waals surface area contributed by atoms with E-state index in [2.05, 4.69) is 24.3 Å². The molecule has 106 valence electrons. The summed E-state index contributed by atoms with van der Waals surface area (Å²) in [5, 5.41) is 14.2. The summed E-state index contributed by atoms with van der Waals surface area (Å²) in [6.07, 6.45) is 3.31. The van der Waals surface area contributed by atoms with Gasteiger partial charge in [-0.1, -0.05) is 23.7 Å². The quantitative estimate of drug-likeness (QED) is 0.841. The van der Waals surface area contributed by atoms with E-state index in [1.807, 2.05) is 24.3 Å². The summed E-state index contributed by atoms with van der Waals surface area (Å²) in [7, 11) is 4.27. The molecule has 1 unspecified atom stereocenters. The first-order valence-electron chi connectivity index (χ1n) is 6.85. The van der Waals surface area contributed by atoms with Crippen molar-refractivity contribution in [1.29, 1.82) is 0 Å². The number of aliphatic hydroxyl groups is 1. The van der Waals surface area contributed by atoms with Crippen LogP contribution in [-0.2, 0) is 0 Å². The Hall–Kier alpha value is -0.610. The molecule has 0 radical (unpaired) electrons. The zero-order valence-corrected chi connectivity index (χ0v) is 12.5. The minimum Gasteiger partial charge on any atom is -0.387 e. The topological polar surface area (TPSA) is 35.5 Å². The molecule has 3 nitrogen and oxygen atoms in total. The lowest BCUT2D eigenvalue weighted by Crippen LogP contribution is -2.56. The maximum absolute atomic E-state index is 10.1. The van der Waals surface area contributed by atoms with Gasteiger partial charge >= 0.3 is 0 Å². The normalized spacial score (nSPS) is 19.2. The van der Waals surface area contributed by atoms with E-state index in [0.29, 0.717) is 17.1 Å². The van der Waals surface area contributed by atoms with Gasteiger partial charge in [0, 0.05) is 23.7 Å². The molecule has 0 aromatic heterocycles.